The van der Waals surface area contributed by atoms with Gasteiger partial charge < -0.3 is 20.4 Å². The topological polar surface area (TPSA) is 115 Å². The first kappa shape index (κ1) is 15.6. The van der Waals surface area contributed by atoms with Crippen molar-refractivity contribution in [3.8, 4) is 0 Å². The number of rotatable bonds is 7. The third-order valence-corrected chi connectivity index (χ3v) is 2.53. The highest BCUT2D eigenvalue weighted by Crippen LogP contribution is 2.37. The van der Waals surface area contributed by atoms with Crippen molar-refractivity contribution in [1.82, 2.24) is 0 Å². The lowest BCUT2D eigenvalue weighted by molar-refractivity contribution is -0.153. The molecule has 0 radical (unpaired) electrons. The fourth-order valence-corrected chi connectivity index (χ4v) is 1.85. The molecule has 0 aliphatic rings. The van der Waals surface area contributed by atoms with Crippen LogP contribution < -0.4 is 0 Å². The second kappa shape index (κ2) is 5.79. The standard InChI is InChI=1S/C11H18O6/c1-6(12)4-11(10(16)17,5-7(2)13)8(3)9(14)15/h6-7,12-13H,3-5H2,1-2H3,(H,14,15)(H,16,17). The van der Waals surface area contributed by atoms with Crippen LogP contribution in [0, 0.1) is 5.41 Å². The van der Waals surface area contributed by atoms with E-state index in [-0.39, 0.29) is 12.8 Å². The minimum Gasteiger partial charge on any atom is -0.481 e. The Labute approximate surface area is 99.2 Å². The van der Waals surface area contributed by atoms with Gasteiger partial charge >= 0.3 is 11.9 Å². The SMILES string of the molecule is C=C(C(=O)O)C(CC(C)O)(CC(C)O)C(=O)O. The molecule has 2 unspecified atom stereocenters. The maximum Gasteiger partial charge on any atom is 0.332 e. The number of aliphatic hydroxyl groups excluding tert-OH is 2. The van der Waals surface area contributed by atoms with E-state index in [2.05, 4.69) is 6.58 Å². The summed E-state index contributed by atoms with van der Waals surface area (Å²) < 4.78 is 0. The molecule has 0 fully saturated rings. The summed E-state index contributed by atoms with van der Waals surface area (Å²) in [6.07, 6.45) is -2.64. The van der Waals surface area contributed by atoms with Gasteiger partial charge in [-0.2, -0.15) is 0 Å². The van der Waals surface area contributed by atoms with E-state index in [4.69, 9.17) is 5.11 Å². The van der Waals surface area contributed by atoms with Crippen LogP contribution in [0.2, 0.25) is 0 Å². The van der Waals surface area contributed by atoms with E-state index in [1.54, 1.807) is 0 Å². The second-order valence-corrected chi connectivity index (χ2v) is 4.28. The summed E-state index contributed by atoms with van der Waals surface area (Å²) in [5.74, 6) is -2.86. The van der Waals surface area contributed by atoms with Crippen LogP contribution in [-0.2, 0) is 9.59 Å². The van der Waals surface area contributed by atoms with Crippen molar-refractivity contribution in [2.75, 3.05) is 0 Å². The van der Waals surface area contributed by atoms with Crippen LogP contribution in [0.5, 0.6) is 0 Å². The van der Waals surface area contributed by atoms with Gasteiger partial charge in [0.2, 0.25) is 0 Å². The Balaban J connectivity index is 5.46. The highest BCUT2D eigenvalue weighted by atomic mass is 16.4. The van der Waals surface area contributed by atoms with E-state index in [1.165, 1.54) is 13.8 Å². The van der Waals surface area contributed by atoms with Crippen LogP contribution in [0.15, 0.2) is 12.2 Å². The number of hydrogen-bond donors (Lipinski definition) is 4. The number of carbonyl (C=O) groups is 2. The number of aliphatic hydroxyl groups is 2. The Kier molecular flexibility index (Phi) is 5.31. The van der Waals surface area contributed by atoms with Crippen LogP contribution in [0.3, 0.4) is 0 Å². The molecule has 0 heterocycles. The lowest BCUT2D eigenvalue weighted by Crippen LogP contribution is -2.40. The third kappa shape index (κ3) is 3.83. The highest BCUT2D eigenvalue weighted by Gasteiger charge is 2.45. The predicted octanol–water partition coefficient (Wildman–Crippen LogP) is 0.240. The molecule has 0 saturated carbocycles. The van der Waals surface area contributed by atoms with Crippen molar-refractivity contribution in [2.45, 2.75) is 38.9 Å². The molecule has 17 heavy (non-hydrogen) atoms. The number of carboxylic acid groups (broad SMARTS) is 2. The molecule has 0 rings (SSSR count). The average Bonchev–Trinajstić information content (AvgIpc) is 2.13. The van der Waals surface area contributed by atoms with E-state index < -0.39 is 35.1 Å². The summed E-state index contributed by atoms with van der Waals surface area (Å²) in [6, 6.07) is 0. The molecule has 0 aliphatic heterocycles. The van der Waals surface area contributed by atoms with Gasteiger partial charge in [-0.1, -0.05) is 6.58 Å². The van der Waals surface area contributed by atoms with Gasteiger partial charge in [0.15, 0.2) is 0 Å². The maximum absolute atomic E-state index is 11.3. The third-order valence-electron chi connectivity index (χ3n) is 2.53. The first-order valence-corrected chi connectivity index (χ1v) is 5.15. The molecule has 2 atom stereocenters. The van der Waals surface area contributed by atoms with Crippen LogP contribution in [0.1, 0.15) is 26.7 Å². The Bertz CT molecular complexity index is 308. The Morgan fingerprint density at radius 2 is 1.47 bits per heavy atom. The van der Waals surface area contributed by atoms with Gasteiger partial charge in [-0.3, -0.25) is 4.79 Å². The smallest absolute Gasteiger partial charge is 0.332 e. The van der Waals surface area contributed by atoms with Crippen molar-refractivity contribution in [3.05, 3.63) is 12.2 Å². The van der Waals surface area contributed by atoms with Crippen LogP contribution in [0.25, 0.3) is 0 Å². The van der Waals surface area contributed by atoms with Gasteiger partial charge in [-0.15, -0.1) is 0 Å². The van der Waals surface area contributed by atoms with E-state index >= 15 is 0 Å². The Morgan fingerprint density at radius 1 is 1.12 bits per heavy atom. The monoisotopic (exact) mass is 246 g/mol. The molecule has 6 heteroatoms. The molecular formula is C11H18O6. The summed E-state index contributed by atoms with van der Waals surface area (Å²) in [6.45, 7) is 5.96. The van der Waals surface area contributed by atoms with Gasteiger partial charge in [0.25, 0.3) is 0 Å². The van der Waals surface area contributed by atoms with Crippen LogP contribution >= 0.6 is 0 Å². The summed E-state index contributed by atoms with van der Waals surface area (Å²) in [7, 11) is 0. The highest BCUT2D eigenvalue weighted by molar-refractivity contribution is 5.96. The van der Waals surface area contributed by atoms with E-state index in [9.17, 15) is 24.9 Å². The van der Waals surface area contributed by atoms with E-state index in [0.717, 1.165) is 0 Å². The quantitative estimate of drug-likeness (QED) is 0.478. The van der Waals surface area contributed by atoms with E-state index in [1.807, 2.05) is 0 Å². The second-order valence-electron chi connectivity index (χ2n) is 4.28. The molecule has 4 N–H and O–H groups in total. The van der Waals surface area contributed by atoms with Gasteiger partial charge in [0, 0.05) is 5.57 Å². The molecule has 0 bridgehead atoms. The molecule has 0 saturated heterocycles. The first-order chi connectivity index (χ1) is 7.63. The molecule has 98 valence electrons. The van der Waals surface area contributed by atoms with Crippen molar-refractivity contribution >= 4 is 11.9 Å². The molecule has 0 aliphatic carbocycles. The minimum atomic E-state index is -1.85. The number of carboxylic acids is 2. The summed E-state index contributed by atoms with van der Waals surface area (Å²) in [4.78, 5) is 22.2. The van der Waals surface area contributed by atoms with E-state index in [0.29, 0.717) is 0 Å². The molecule has 0 aromatic rings. The largest absolute Gasteiger partial charge is 0.481 e. The fourth-order valence-electron chi connectivity index (χ4n) is 1.85. The minimum absolute atomic E-state index is 0.307. The molecule has 0 aromatic carbocycles. The summed E-state index contributed by atoms with van der Waals surface area (Å²) in [5, 5.41) is 36.7. The number of aliphatic carboxylic acids is 2. The molecule has 0 spiro atoms. The molecule has 0 aromatic heterocycles. The zero-order valence-corrected chi connectivity index (χ0v) is 9.88. The van der Waals surface area contributed by atoms with Crippen molar-refractivity contribution in [1.29, 1.82) is 0 Å². The average molecular weight is 246 g/mol. The van der Waals surface area contributed by atoms with Crippen molar-refractivity contribution < 1.29 is 30.0 Å². The van der Waals surface area contributed by atoms with Crippen molar-refractivity contribution in [2.24, 2.45) is 5.41 Å². The predicted molar refractivity (Wildman–Crippen MR) is 59.4 cm³/mol. The van der Waals surface area contributed by atoms with Crippen molar-refractivity contribution in [3.63, 3.8) is 0 Å². The first-order valence-electron chi connectivity index (χ1n) is 5.15. The van der Waals surface area contributed by atoms with Gasteiger partial charge in [-0.25, -0.2) is 4.79 Å². The Hall–Kier alpha value is -1.40. The van der Waals surface area contributed by atoms with Gasteiger partial charge in [0.05, 0.1) is 12.2 Å². The zero-order chi connectivity index (χ0) is 13.8. The zero-order valence-electron chi connectivity index (χ0n) is 9.88. The normalized spacial score (nSPS) is 17.9. The molecule has 0 amide bonds. The molecular weight excluding hydrogens is 228 g/mol. The van der Waals surface area contributed by atoms with Gasteiger partial charge in [0.1, 0.15) is 5.41 Å². The summed E-state index contributed by atoms with van der Waals surface area (Å²) >= 11 is 0. The Morgan fingerprint density at radius 3 is 1.65 bits per heavy atom. The number of hydrogen-bond acceptors (Lipinski definition) is 4. The summed E-state index contributed by atoms with van der Waals surface area (Å²) in [5.41, 5.74) is -2.39. The molecule has 6 nitrogen and oxygen atoms in total. The van der Waals surface area contributed by atoms with Crippen LogP contribution in [0.4, 0.5) is 0 Å². The fraction of sp³-hybridized carbons (Fsp3) is 0.636. The lowest BCUT2D eigenvalue weighted by Gasteiger charge is -2.31. The lowest BCUT2D eigenvalue weighted by atomic mass is 9.72. The van der Waals surface area contributed by atoms with Gasteiger partial charge in [-0.05, 0) is 26.7 Å². The van der Waals surface area contributed by atoms with Crippen LogP contribution in [-0.4, -0.2) is 44.6 Å². The maximum atomic E-state index is 11.3.